The van der Waals surface area contributed by atoms with Crippen LogP contribution in [0.3, 0.4) is 0 Å². The summed E-state index contributed by atoms with van der Waals surface area (Å²) >= 11 is 0. The van der Waals surface area contributed by atoms with Crippen LogP contribution < -0.4 is 5.32 Å². The fourth-order valence-electron chi connectivity index (χ4n) is 1.80. The maximum Gasteiger partial charge on any atom is 0.317 e. The molecule has 1 aliphatic heterocycles. The first-order valence-electron chi connectivity index (χ1n) is 6.05. The SMILES string of the molecule is O=C(O)CCOC1CCN(C(=O)NCCF)CC1. The zero-order valence-electron chi connectivity index (χ0n) is 10.2. The summed E-state index contributed by atoms with van der Waals surface area (Å²) in [6.07, 6.45) is 1.37. The summed E-state index contributed by atoms with van der Waals surface area (Å²) in [5.41, 5.74) is 0. The van der Waals surface area contributed by atoms with Gasteiger partial charge >= 0.3 is 12.0 Å². The predicted octanol–water partition coefficient (Wildman–Crippen LogP) is 0.621. The van der Waals surface area contributed by atoms with E-state index in [1.807, 2.05) is 0 Å². The number of hydrogen-bond acceptors (Lipinski definition) is 3. The number of ether oxygens (including phenoxy) is 1. The highest BCUT2D eigenvalue weighted by Gasteiger charge is 2.22. The second-order valence-corrected chi connectivity index (χ2v) is 4.12. The van der Waals surface area contributed by atoms with Gasteiger partial charge in [0.25, 0.3) is 0 Å². The lowest BCUT2D eigenvalue weighted by atomic mass is 10.1. The normalized spacial score (nSPS) is 16.6. The molecule has 0 aliphatic carbocycles. The van der Waals surface area contributed by atoms with Crippen LogP contribution in [0.2, 0.25) is 0 Å². The maximum absolute atomic E-state index is 11.9. The van der Waals surface area contributed by atoms with Crippen LogP contribution in [0.25, 0.3) is 0 Å². The average Bonchev–Trinajstić information content (AvgIpc) is 2.36. The van der Waals surface area contributed by atoms with Crippen molar-refractivity contribution in [1.82, 2.24) is 10.2 Å². The highest BCUT2D eigenvalue weighted by molar-refractivity contribution is 5.74. The Labute approximate surface area is 105 Å². The molecule has 6 nitrogen and oxygen atoms in total. The zero-order chi connectivity index (χ0) is 13.4. The average molecular weight is 262 g/mol. The highest BCUT2D eigenvalue weighted by Crippen LogP contribution is 2.13. The van der Waals surface area contributed by atoms with Gasteiger partial charge in [-0.05, 0) is 12.8 Å². The van der Waals surface area contributed by atoms with Gasteiger partial charge in [-0.2, -0.15) is 0 Å². The van der Waals surface area contributed by atoms with Crippen LogP contribution in [0.4, 0.5) is 9.18 Å². The zero-order valence-corrected chi connectivity index (χ0v) is 10.2. The molecule has 1 heterocycles. The van der Waals surface area contributed by atoms with Crippen LogP contribution in [0.15, 0.2) is 0 Å². The number of nitrogens with one attached hydrogen (secondary N) is 1. The second kappa shape index (κ2) is 7.86. The molecule has 0 aromatic rings. The van der Waals surface area contributed by atoms with Crippen LogP contribution >= 0.6 is 0 Å². The molecule has 0 radical (unpaired) electrons. The van der Waals surface area contributed by atoms with Crippen molar-refractivity contribution in [1.29, 1.82) is 0 Å². The Balaban J connectivity index is 2.16. The van der Waals surface area contributed by atoms with Crippen molar-refractivity contribution >= 4 is 12.0 Å². The Hall–Kier alpha value is -1.37. The minimum atomic E-state index is -0.877. The van der Waals surface area contributed by atoms with Crippen LogP contribution in [0.5, 0.6) is 0 Å². The van der Waals surface area contributed by atoms with E-state index < -0.39 is 12.6 Å². The van der Waals surface area contributed by atoms with E-state index in [1.165, 1.54) is 0 Å². The van der Waals surface area contributed by atoms with Crippen molar-refractivity contribution in [3.05, 3.63) is 0 Å². The van der Waals surface area contributed by atoms with Crippen molar-refractivity contribution in [3.8, 4) is 0 Å². The van der Waals surface area contributed by atoms with Crippen molar-refractivity contribution in [3.63, 3.8) is 0 Å². The number of alkyl halides is 1. The third-order valence-electron chi connectivity index (χ3n) is 2.77. The summed E-state index contributed by atoms with van der Waals surface area (Å²) in [5.74, 6) is -0.877. The first-order valence-corrected chi connectivity index (χ1v) is 6.05. The van der Waals surface area contributed by atoms with E-state index in [1.54, 1.807) is 4.90 Å². The molecule has 0 aromatic heterocycles. The molecule has 0 bridgehead atoms. The molecule has 0 spiro atoms. The van der Waals surface area contributed by atoms with Gasteiger partial charge < -0.3 is 20.1 Å². The monoisotopic (exact) mass is 262 g/mol. The standard InChI is InChI=1S/C11H19FN2O4/c12-4-5-13-11(17)14-6-1-9(2-7-14)18-8-3-10(15)16/h9H,1-8H2,(H,13,17)(H,15,16). The van der Waals surface area contributed by atoms with Gasteiger partial charge in [0.1, 0.15) is 6.67 Å². The number of carbonyl (C=O) groups is 2. The summed E-state index contributed by atoms with van der Waals surface area (Å²) in [4.78, 5) is 23.4. The van der Waals surface area contributed by atoms with Crippen molar-refractivity contribution in [2.45, 2.75) is 25.4 Å². The van der Waals surface area contributed by atoms with Gasteiger partial charge in [0.15, 0.2) is 0 Å². The van der Waals surface area contributed by atoms with Crippen LogP contribution in [0, 0.1) is 0 Å². The largest absolute Gasteiger partial charge is 0.481 e. The lowest BCUT2D eigenvalue weighted by Crippen LogP contribution is -2.46. The molecule has 7 heteroatoms. The minimum Gasteiger partial charge on any atom is -0.481 e. The van der Waals surface area contributed by atoms with Gasteiger partial charge in [-0.25, -0.2) is 9.18 Å². The molecule has 1 fully saturated rings. The first-order chi connectivity index (χ1) is 8.63. The topological polar surface area (TPSA) is 78.9 Å². The van der Waals surface area contributed by atoms with E-state index in [-0.39, 0.29) is 31.7 Å². The number of carbonyl (C=O) groups excluding carboxylic acids is 1. The van der Waals surface area contributed by atoms with Crippen molar-refractivity contribution < 1.29 is 23.8 Å². The fourth-order valence-corrected chi connectivity index (χ4v) is 1.80. The van der Waals surface area contributed by atoms with Gasteiger partial charge in [0, 0.05) is 19.6 Å². The molecule has 2 amide bonds. The van der Waals surface area contributed by atoms with Crippen LogP contribution in [-0.4, -0.2) is 61.0 Å². The van der Waals surface area contributed by atoms with Gasteiger partial charge in [0.05, 0.1) is 19.1 Å². The van der Waals surface area contributed by atoms with Crippen LogP contribution in [0.1, 0.15) is 19.3 Å². The first kappa shape index (κ1) is 14.7. The lowest BCUT2D eigenvalue weighted by Gasteiger charge is -2.31. The Bertz CT molecular complexity index is 280. The van der Waals surface area contributed by atoms with Crippen molar-refractivity contribution in [2.24, 2.45) is 0 Å². The number of halogens is 1. The minimum absolute atomic E-state index is 0.00278. The van der Waals surface area contributed by atoms with E-state index in [9.17, 15) is 14.0 Å². The molecule has 18 heavy (non-hydrogen) atoms. The molecule has 2 N–H and O–H groups in total. The number of amides is 2. The smallest absolute Gasteiger partial charge is 0.317 e. The summed E-state index contributed by atoms with van der Waals surface area (Å²) in [6, 6.07) is -0.253. The number of hydrogen-bond donors (Lipinski definition) is 2. The third-order valence-corrected chi connectivity index (χ3v) is 2.77. The van der Waals surface area contributed by atoms with Gasteiger partial charge in [-0.1, -0.05) is 0 Å². The second-order valence-electron chi connectivity index (χ2n) is 4.12. The quantitative estimate of drug-likeness (QED) is 0.735. The third kappa shape index (κ3) is 5.31. The Kier molecular flexibility index (Phi) is 6.42. The van der Waals surface area contributed by atoms with Crippen molar-refractivity contribution in [2.75, 3.05) is 32.9 Å². The molecule has 0 saturated carbocycles. The summed E-state index contributed by atoms with van der Waals surface area (Å²) < 4.78 is 17.3. The molecule has 1 rings (SSSR count). The number of carboxylic acids is 1. The molecule has 104 valence electrons. The van der Waals surface area contributed by atoms with Gasteiger partial charge in [0.2, 0.25) is 0 Å². The van der Waals surface area contributed by atoms with E-state index in [2.05, 4.69) is 5.32 Å². The Morgan fingerprint density at radius 2 is 2.06 bits per heavy atom. The van der Waals surface area contributed by atoms with E-state index in [0.29, 0.717) is 25.9 Å². The number of nitrogens with zero attached hydrogens (tertiary/aromatic N) is 1. The molecule has 0 atom stereocenters. The van der Waals surface area contributed by atoms with E-state index >= 15 is 0 Å². The van der Waals surface area contributed by atoms with Crippen LogP contribution in [-0.2, 0) is 9.53 Å². The summed E-state index contributed by atoms with van der Waals surface area (Å²) in [6.45, 7) is 0.772. The molecule has 1 saturated heterocycles. The predicted molar refractivity (Wildman–Crippen MR) is 62.2 cm³/mol. The number of piperidine rings is 1. The van der Waals surface area contributed by atoms with E-state index in [4.69, 9.17) is 9.84 Å². The highest BCUT2D eigenvalue weighted by atomic mass is 19.1. The molecule has 0 aromatic carbocycles. The summed E-state index contributed by atoms with van der Waals surface area (Å²) in [7, 11) is 0. The maximum atomic E-state index is 11.9. The number of likely N-dealkylation sites (tertiary alicyclic amines) is 1. The molecular formula is C11H19FN2O4. The van der Waals surface area contributed by atoms with Gasteiger partial charge in [-0.3, -0.25) is 4.79 Å². The lowest BCUT2D eigenvalue weighted by molar-refractivity contribution is -0.138. The Morgan fingerprint density at radius 3 is 2.61 bits per heavy atom. The molecular weight excluding hydrogens is 243 g/mol. The fraction of sp³-hybridized carbons (Fsp3) is 0.818. The Morgan fingerprint density at radius 1 is 1.39 bits per heavy atom. The molecule has 0 unspecified atom stereocenters. The number of rotatable bonds is 6. The summed E-state index contributed by atoms with van der Waals surface area (Å²) in [5, 5.41) is 10.9. The van der Waals surface area contributed by atoms with E-state index in [0.717, 1.165) is 0 Å². The number of aliphatic carboxylic acids is 1. The molecule has 1 aliphatic rings. The number of urea groups is 1. The number of carboxylic acid groups (broad SMARTS) is 1. The van der Waals surface area contributed by atoms with Gasteiger partial charge in [-0.15, -0.1) is 0 Å².